The van der Waals surface area contributed by atoms with Crippen LogP contribution in [-0.2, 0) is 6.42 Å². The van der Waals surface area contributed by atoms with Crippen molar-refractivity contribution in [2.45, 2.75) is 19.3 Å². The number of unbranched alkanes of at least 4 members (excludes halogenated alkanes) is 1. The van der Waals surface area contributed by atoms with E-state index >= 15 is 0 Å². The van der Waals surface area contributed by atoms with Crippen LogP contribution in [0.25, 0.3) is 0 Å². The van der Waals surface area contributed by atoms with E-state index in [1.165, 1.54) is 12.1 Å². The number of terminal acetylenes is 1. The maximum Gasteiger partial charge on any atom is 0.152 e. The second kappa shape index (κ2) is 5.18. The van der Waals surface area contributed by atoms with Gasteiger partial charge in [-0.25, -0.2) is 4.39 Å². The molecule has 0 spiro atoms. The Morgan fingerprint density at radius 1 is 1.50 bits per heavy atom. The summed E-state index contributed by atoms with van der Waals surface area (Å²) in [5, 5.41) is 0. The average molecular weight is 190 g/mol. The van der Waals surface area contributed by atoms with Gasteiger partial charge in [-0.1, -0.05) is 6.07 Å². The molecule has 0 aromatic heterocycles. The van der Waals surface area contributed by atoms with Crippen molar-refractivity contribution >= 4 is 6.29 Å². The van der Waals surface area contributed by atoms with E-state index in [0.717, 1.165) is 18.4 Å². The topological polar surface area (TPSA) is 17.1 Å². The Morgan fingerprint density at radius 2 is 2.29 bits per heavy atom. The highest BCUT2D eigenvalue weighted by molar-refractivity contribution is 5.75. The standard InChI is InChI=1S/C12H11FO/c1-2-3-4-5-10-6-7-11(9-14)12(13)8-10/h1,6-9H,3-5H2. The van der Waals surface area contributed by atoms with Crippen LogP contribution < -0.4 is 0 Å². The molecule has 0 radical (unpaired) electrons. The number of halogens is 1. The Labute approximate surface area is 82.9 Å². The second-order valence-electron chi connectivity index (χ2n) is 3.03. The summed E-state index contributed by atoms with van der Waals surface area (Å²) in [7, 11) is 0. The second-order valence-corrected chi connectivity index (χ2v) is 3.03. The van der Waals surface area contributed by atoms with Crippen molar-refractivity contribution in [3.8, 4) is 12.3 Å². The smallest absolute Gasteiger partial charge is 0.152 e. The van der Waals surface area contributed by atoms with Gasteiger partial charge in [0.05, 0.1) is 5.56 Å². The number of carbonyl (C=O) groups excluding carboxylic acids is 1. The van der Waals surface area contributed by atoms with Gasteiger partial charge in [0, 0.05) is 6.42 Å². The van der Waals surface area contributed by atoms with Gasteiger partial charge in [-0.2, -0.15) is 0 Å². The van der Waals surface area contributed by atoms with Gasteiger partial charge in [-0.3, -0.25) is 4.79 Å². The molecule has 0 N–H and O–H groups in total. The minimum Gasteiger partial charge on any atom is -0.298 e. The van der Waals surface area contributed by atoms with Crippen molar-refractivity contribution < 1.29 is 9.18 Å². The van der Waals surface area contributed by atoms with Crippen molar-refractivity contribution in [3.63, 3.8) is 0 Å². The van der Waals surface area contributed by atoms with Crippen LogP contribution in [0.1, 0.15) is 28.8 Å². The summed E-state index contributed by atoms with van der Waals surface area (Å²) in [5.41, 5.74) is 0.981. The summed E-state index contributed by atoms with van der Waals surface area (Å²) < 4.78 is 13.1. The van der Waals surface area contributed by atoms with E-state index in [2.05, 4.69) is 5.92 Å². The average Bonchev–Trinajstić information content (AvgIpc) is 2.18. The van der Waals surface area contributed by atoms with Gasteiger partial charge in [-0.05, 0) is 30.5 Å². The van der Waals surface area contributed by atoms with Crippen LogP contribution in [0, 0.1) is 18.2 Å². The normalized spacial score (nSPS) is 9.43. The third kappa shape index (κ3) is 2.70. The van der Waals surface area contributed by atoms with Crippen LogP contribution in [0.5, 0.6) is 0 Å². The van der Waals surface area contributed by atoms with E-state index in [-0.39, 0.29) is 5.56 Å². The lowest BCUT2D eigenvalue weighted by atomic mass is 10.1. The van der Waals surface area contributed by atoms with Crippen molar-refractivity contribution in [3.05, 3.63) is 35.1 Å². The van der Waals surface area contributed by atoms with E-state index in [0.29, 0.717) is 12.7 Å². The van der Waals surface area contributed by atoms with Gasteiger partial charge in [0.2, 0.25) is 0 Å². The fourth-order valence-electron chi connectivity index (χ4n) is 1.22. The fourth-order valence-corrected chi connectivity index (χ4v) is 1.22. The number of hydrogen-bond donors (Lipinski definition) is 0. The predicted molar refractivity (Wildman–Crippen MR) is 53.6 cm³/mol. The third-order valence-electron chi connectivity index (χ3n) is 1.98. The number of hydrogen-bond acceptors (Lipinski definition) is 1. The first-order valence-electron chi connectivity index (χ1n) is 4.45. The molecule has 1 aromatic rings. The highest BCUT2D eigenvalue weighted by atomic mass is 19.1. The number of carbonyl (C=O) groups is 1. The van der Waals surface area contributed by atoms with Crippen LogP contribution in [-0.4, -0.2) is 6.29 Å². The molecule has 0 bridgehead atoms. The molecule has 0 atom stereocenters. The zero-order chi connectivity index (χ0) is 10.4. The van der Waals surface area contributed by atoms with Crippen molar-refractivity contribution in [2.75, 3.05) is 0 Å². The van der Waals surface area contributed by atoms with Gasteiger partial charge in [0.15, 0.2) is 6.29 Å². The molecular weight excluding hydrogens is 179 g/mol. The molecule has 72 valence electrons. The molecule has 1 aromatic carbocycles. The molecule has 0 aliphatic carbocycles. The van der Waals surface area contributed by atoms with Gasteiger partial charge < -0.3 is 0 Å². The van der Waals surface area contributed by atoms with Crippen LogP contribution in [0.2, 0.25) is 0 Å². The molecule has 1 rings (SSSR count). The molecule has 0 heterocycles. The number of aryl methyl sites for hydroxylation is 1. The van der Waals surface area contributed by atoms with Crippen molar-refractivity contribution in [1.29, 1.82) is 0 Å². The zero-order valence-corrected chi connectivity index (χ0v) is 7.79. The van der Waals surface area contributed by atoms with Crippen LogP contribution in [0.15, 0.2) is 18.2 Å². The summed E-state index contributed by atoms with van der Waals surface area (Å²) in [6.45, 7) is 0. The molecule has 0 saturated carbocycles. The maximum atomic E-state index is 13.1. The first-order chi connectivity index (χ1) is 6.77. The van der Waals surface area contributed by atoms with Crippen LogP contribution in [0.4, 0.5) is 4.39 Å². The van der Waals surface area contributed by atoms with Crippen molar-refractivity contribution in [1.82, 2.24) is 0 Å². The molecule has 0 aliphatic rings. The minimum absolute atomic E-state index is 0.102. The third-order valence-corrected chi connectivity index (χ3v) is 1.98. The van der Waals surface area contributed by atoms with Crippen molar-refractivity contribution in [2.24, 2.45) is 0 Å². The molecule has 0 aliphatic heterocycles. The number of benzene rings is 1. The highest BCUT2D eigenvalue weighted by Gasteiger charge is 2.01. The molecule has 0 amide bonds. The highest BCUT2D eigenvalue weighted by Crippen LogP contribution is 2.10. The Morgan fingerprint density at radius 3 is 2.86 bits per heavy atom. The summed E-state index contributed by atoms with van der Waals surface area (Å²) in [5.74, 6) is 2.07. The minimum atomic E-state index is -0.460. The van der Waals surface area contributed by atoms with Crippen LogP contribution >= 0.6 is 0 Å². The summed E-state index contributed by atoms with van der Waals surface area (Å²) in [6, 6.07) is 4.64. The summed E-state index contributed by atoms with van der Waals surface area (Å²) >= 11 is 0. The summed E-state index contributed by atoms with van der Waals surface area (Å²) in [4.78, 5) is 10.3. The lowest BCUT2D eigenvalue weighted by molar-refractivity contribution is 0.112. The zero-order valence-electron chi connectivity index (χ0n) is 7.79. The molecule has 14 heavy (non-hydrogen) atoms. The van der Waals surface area contributed by atoms with E-state index < -0.39 is 5.82 Å². The fraction of sp³-hybridized carbons (Fsp3) is 0.250. The summed E-state index contributed by atoms with van der Waals surface area (Å²) in [6.07, 6.45) is 7.90. The Bertz CT molecular complexity index is 363. The lowest BCUT2D eigenvalue weighted by Crippen LogP contribution is -1.91. The van der Waals surface area contributed by atoms with Gasteiger partial charge in [0.1, 0.15) is 5.82 Å². The lowest BCUT2D eigenvalue weighted by Gasteiger charge is -2.00. The van der Waals surface area contributed by atoms with Gasteiger partial charge >= 0.3 is 0 Å². The SMILES string of the molecule is C#CCCCc1ccc(C=O)c(F)c1. The van der Waals surface area contributed by atoms with Gasteiger partial charge in [0.25, 0.3) is 0 Å². The quantitative estimate of drug-likeness (QED) is 0.405. The molecule has 0 unspecified atom stereocenters. The maximum absolute atomic E-state index is 13.1. The first-order valence-corrected chi connectivity index (χ1v) is 4.45. The molecule has 0 saturated heterocycles. The first kappa shape index (κ1) is 10.5. The van der Waals surface area contributed by atoms with Crippen LogP contribution in [0.3, 0.4) is 0 Å². The Balaban J connectivity index is 2.67. The van der Waals surface area contributed by atoms with Gasteiger partial charge in [-0.15, -0.1) is 12.3 Å². The molecular formula is C12H11FO. The van der Waals surface area contributed by atoms with E-state index in [1.807, 2.05) is 0 Å². The predicted octanol–water partition coefficient (Wildman–Crippen LogP) is 2.59. The van der Waals surface area contributed by atoms with E-state index in [1.54, 1.807) is 6.07 Å². The largest absolute Gasteiger partial charge is 0.298 e. The Kier molecular flexibility index (Phi) is 3.87. The van der Waals surface area contributed by atoms with E-state index in [9.17, 15) is 9.18 Å². The number of rotatable bonds is 4. The monoisotopic (exact) mass is 190 g/mol. The Hall–Kier alpha value is -1.62. The molecule has 2 heteroatoms. The molecule has 1 nitrogen and oxygen atoms in total. The van der Waals surface area contributed by atoms with E-state index in [4.69, 9.17) is 6.42 Å². The number of aldehydes is 1. The molecule has 0 fully saturated rings.